The highest BCUT2D eigenvalue weighted by Crippen LogP contribution is 2.63. The Morgan fingerprint density at radius 3 is 1.19 bits per heavy atom. The van der Waals surface area contributed by atoms with Gasteiger partial charge in [0.1, 0.15) is 0 Å². The molecular weight excluding hydrogens is 724 g/mol. The van der Waals surface area contributed by atoms with E-state index < -0.39 is 7.14 Å². The molecule has 13 rings (SSSR count). The normalized spacial score (nSPS) is 14.0. The van der Waals surface area contributed by atoms with Crippen LogP contribution in [0, 0.1) is 0 Å². The first-order chi connectivity index (χ1) is 28.6. The Bertz CT molecular complexity index is 3410. The highest BCUT2D eigenvalue weighted by atomic mass is 31.2. The monoisotopic (exact) mass is 756 g/mol. The smallest absolute Gasteiger partial charge is 0.179 e. The van der Waals surface area contributed by atoms with Crippen LogP contribution in [-0.2, 0) is 4.57 Å². The molecule has 0 aromatic heterocycles. The molecule has 0 saturated heterocycles. The lowest BCUT2D eigenvalue weighted by atomic mass is 9.98. The fourth-order valence-corrected chi connectivity index (χ4v) is 13.4. The van der Waals surface area contributed by atoms with Gasteiger partial charge in [-0.15, -0.1) is 0 Å². The van der Waals surface area contributed by atoms with E-state index in [1.54, 1.807) is 0 Å². The second kappa shape index (κ2) is 11.7. The zero-order chi connectivity index (χ0) is 38.1. The average Bonchev–Trinajstić information content (AvgIpc) is 3.28. The number of anilines is 6. The van der Waals surface area contributed by atoms with Gasteiger partial charge in [0.05, 0.1) is 28.1 Å². The third kappa shape index (κ3) is 4.21. The molecule has 0 spiro atoms. The summed E-state index contributed by atoms with van der Waals surface area (Å²) >= 11 is 0. The molecule has 11 aromatic rings. The van der Waals surface area contributed by atoms with Crippen LogP contribution < -0.4 is 25.7 Å². The number of hydrogen-bond acceptors (Lipinski definition) is 3. The Labute approximate surface area is 335 Å². The molecule has 2 aliphatic heterocycles. The summed E-state index contributed by atoms with van der Waals surface area (Å²) in [4.78, 5) is 4.79. The summed E-state index contributed by atoms with van der Waals surface area (Å²) in [5, 5.41) is 16.5. The van der Waals surface area contributed by atoms with Crippen molar-refractivity contribution in [3.8, 4) is 0 Å². The van der Waals surface area contributed by atoms with Gasteiger partial charge >= 0.3 is 0 Å². The topological polar surface area (TPSA) is 23.6 Å². The molecule has 0 radical (unpaired) electrons. The van der Waals surface area contributed by atoms with E-state index in [1.165, 1.54) is 32.3 Å². The summed E-state index contributed by atoms with van der Waals surface area (Å²) in [6.45, 7) is 0. The molecule has 3 nitrogen and oxygen atoms in total. The molecule has 270 valence electrons. The van der Waals surface area contributed by atoms with Gasteiger partial charge in [0.25, 0.3) is 0 Å². The summed E-state index contributed by atoms with van der Waals surface area (Å²) < 4.78 is 17.3. The fourth-order valence-electron chi connectivity index (χ4n) is 10.1. The lowest BCUT2D eigenvalue weighted by molar-refractivity contribution is 0.592. The molecule has 2 heterocycles. The summed E-state index contributed by atoms with van der Waals surface area (Å²) in [5.74, 6) is 0. The number of nitrogens with zero attached hydrogens (tertiary/aromatic N) is 2. The molecule has 0 N–H and O–H groups in total. The average molecular weight is 757 g/mol. The number of benzene rings is 11. The van der Waals surface area contributed by atoms with E-state index >= 15 is 4.57 Å². The second-order valence-electron chi connectivity index (χ2n) is 15.6. The predicted octanol–water partition coefficient (Wildman–Crippen LogP) is 13.8. The first-order valence-corrected chi connectivity index (χ1v) is 21.6. The zero-order valence-electron chi connectivity index (χ0n) is 31.3. The molecule has 2 aliphatic rings. The molecular formula is C54H33N2OP. The molecule has 0 unspecified atom stereocenters. The Morgan fingerprint density at radius 1 is 0.310 bits per heavy atom. The first kappa shape index (κ1) is 32.0. The van der Waals surface area contributed by atoms with E-state index in [4.69, 9.17) is 0 Å². The van der Waals surface area contributed by atoms with Gasteiger partial charge in [-0.25, -0.2) is 0 Å². The SMILES string of the molecule is O=P12c3ccc4c(ccc5ccccc54)c3N(c3ccc4ccccc4c3)c3cccc(c31)N(c1ccc3ccccc3c1)c1c2ccc2c1ccc1ccccc12. The Hall–Kier alpha value is -7.19. The molecule has 4 heteroatoms. The van der Waals surface area contributed by atoms with Gasteiger partial charge in [0.15, 0.2) is 7.14 Å². The molecule has 0 atom stereocenters. The van der Waals surface area contributed by atoms with Crippen molar-refractivity contribution in [1.82, 2.24) is 0 Å². The second-order valence-corrected chi connectivity index (χ2v) is 18.2. The van der Waals surface area contributed by atoms with Gasteiger partial charge in [0.2, 0.25) is 0 Å². The first-order valence-electron chi connectivity index (χ1n) is 19.9. The fraction of sp³-hybridized carbons (Fsp3) is 0. The summed E-state index contributed by atoms with van der Waals surface area (Å²) in [6.07, 6.45) is 0. The highest BCUT2D eigenvalue weighted by Gasteiger charge is 2.49. The van der Waals surface area contributed by atoms with E-state index in [0.717, 1.165) is 82.4 Å². The van der Waals surface area contributed by atoms with Crippen LogP contribution in [0.2, 0.25) is 0 Å². The lowest BCUT2D eigenvalue weighted by Crippen LogP contribution is -2.43. The van der Waals surface area contributed by atoms with Crippen LogP contribution in [0.15, 0.2) is 200 Å². The molecule has 58 heavy (non-hydrogen) atoms. The Morgan fingerprint density at radius 2 is 0.707 bits per heavy atom. The van der Waals surface area contributed by atoms with Crippen LogP contribution in [0.3, 0.4) is 0 Å². The van der Waals surface area contributed by atoms with Gasteiger partial charge in [-0.1, -0.05) is 152 Å². The summed E-state index contributed by atoms with van der Waals surface area (Å²) in [6, 6.07) is 71.9. The Kier molecular flexibility index (Phi) is 6.43. The van der Waals surface area contributed by atoms with Crippen molar-refractivity contribution in [1.29, 1.82) is 0 Å². The Balaban J connectivity index is 1.20. The van der Waals surface area contributed by atoms with Crippen LogP contribution in [0.1, 0.15) is 0 Å². The van der Waals surface area contributed by atoms with Crippen LogP contribution >= 0.6 is 7.14 Å². The molecule has 0 saturated carbocycles. The van der Waals surface area contributed by atoms with E-state index in [9.17, 15) is 0 Å². The molecule has 0 amide bonds. The van der Waals surface area contributed by atoms with Crippen LogP contribution in [-0.4, -0.2) is 0 Å². The quantitative estimate of drug-likeness (QED) is 0.130. The summed E-state index contributed by atoms with van der Waals surface area (Å²) in [5.41, 5.74) is 5.92. The van der Waals surface area contributed by atoms with E-state index in [1.807, 2.05) is 0 Å². The van der Waals surface area contributed by atoms with Crippen LogP contribution in [0.4, 0.5) is 34.1 Å². The van der Waals surface area contributed by atoms with Crippen molar-refractivity contribution in [3.05, 3.63) is 200 Å². The van der Waals surface area contributed by atoms with Crippen molar-refractivity contribution in [2.24, 2.45) is 0 Å². The minimum absolute atomic E-state index is 0.864. The standard InChI is InChI=1S/C54H33N2OP/c57-58-50-30-28-44-42-16-7-5-12-36(42)22-26-46(44)52(50)55(40-24-20-34-10-1-3-14-38(34)32-40)48-18-9-19-49(54(48)58)56(41-25-21-35-11-2-4-15-39(35)33-41)53-47-27-23-37-13-6-8-17-43(37)45(47)29-31-51(53)58/h1-33H. The lowest BCUT2D eigenvalue weighted by Gasteiger charge is -2.45. The molecule has 0 aliphatic carbocycles. The minimum Gasteiger partial charge on any atom is -0.308 e. The van der Waals surface area contributed by atoms with E-state index in [-0.39, 0.29) is 0 Å². The van der Waals surface area contributed by atoms with Crippen LogP contribution in [0.5, 0.6) is 0 Å². The predicted molar refractivity (Wildman–Crippen MR) is 247 cm³/mol. The van der Waals surface area contributed by atoms with Crippen molar-refractivity contribution in [2.45, 2.75) is 0 Å². The van der Waals surface area contributed by atoms with Crippen LogP contribution in [0.25, 0.3) is 64.6 Å². The number of hydrogen-bond donors (Lipinski definition) is 0. The van der Waals surface area contributed by atoms with Gasteiger partial charge in [0, 0.05) is 32.8 Å². The van der Waals surface area contributed by atoms with Gasteiger partial charge < -0.3 is 14.4 Å². The minimum atomic E-state index is -3.54. The number of rotatable bonds is 2. The van der Waals surface area contributed by atoms with Crippen molar-refractivity contribution in [3.63, 3.8) is 0 Å². The van der Waals surface area contributed by atoms with Crippen molar-refractivity contribution < 1.29 is 4.57 Å². The maximum Gasteiger partial charge on any atom is 0.179 e. The largest absolute Gasteiger partial charge is 0.308 e. The van der Waals surface area contributed by atoms with E-state index in [0.29, 0.717) is 0 Å². The molecule has 0 bridgehead atoms. The summed E-state index contributed by atoms with van der Waals surface area (Å²) in [7, 11) is -3.54. The molecule has 0 fully saturated rings. The van der Waals surface area contributed by atoms with Gasteiger partial charge in [-0.3, -0.25) is 0 Å². The maximum atomic E-state index is 17.3. The molecule has 11 aromatic carbocycles. The zero-order valence-corrected chi connectivity index (χ0v) is 32.2. The third-order valence-corrected chi connectivity index (χ3v) is 15.8. The van der Waals surface area contributed by atoms with Gasteiger partial charge in [-0.2, -0.15) is 0 Å². The van der Waals surface area contributed by atoms with Crippen molar-refractivity contribution >= 4 is 122 Å². The number of fused-ring (bicyclic) bond motifs is 14. The van der Waals surface area contributed by atoms with E-state index in [2.05, 4.69) is 210 Å². The third-order valence-electron chi connectivity index (χ3n) is 12.7. The van der Waals surface area contributed by atoms with Crippen molar-refractivity contribution in [2.75, 3.05) is 9.80 Å². The van der Waals surface area contributed by atoms with Gasteiger partial charge in [-0.05, 0) is 102 Å². The maximum absolute atomic E-state index is 17.3. The highest BCUT2D eigenvalue weighted by molar-refractivity contribution is 7.86.